The summed E-state index contributed by atoms with van der Waals surface area (Å²) in [4.78, 5) is 57.7. The van der Waals surface area contributed by atoms with Gasteiger partial charge in [-0.3, -0.25) is 19.2 Å². The number of nitrogens with zero attached hydrogens (tertiary/aromatic N) is 2. The fourth-order valence-corrected chi connectivity index (χ4v) is 6.26. The molecule has 0 bridgehead atoms. The minimum atomic E-state index is -0.996. The van der Waals surface area contributed by atoms with Gasteiger partial charge < -0.3 is 4.90 Å². The molecule has 0 unspecified atom stereocenters. The van der Waals surface area contributed by atoms with E-state index in [9.17, 15) is 19.2 Å². The van der Waals surface area contributed by atoms with E-state index < -0.39 is 35.7 Å². The first-order chi connectivity index (χ1) is 18.8. The van der Waals surface area contributed by atoms with Crippen LogP contribution >= 0.6 is 34.8 Å². The first-order valence-electron chi connectivity index (χ1n) is 12.2. The van der Waals surface area contributed by atoms with E-state index in [0.29, 0.717) is 26.7 Å². The van der Waals surface area contributed by atoms with Gasteiger partial charge in [-0.1, -0.05) is 71.2 Å². The molecule has 3 aliphatic rings. The SMILES string of the molecule is O=C(C1=C[C@@H]2[C@@H]3C(=O)N(c4ccc(Cl)cc4Cl)C(=O)[C@@H]3[C@H](C(=O)c3ccc(Cl)cc3)N2C=C1)c1ccccc1. The molecule has 194 valence electrons. The quantitative estimate of drug-likeness (QED) is 0.274. The molecule has 6 rings (SSSR count). The van der Waals surface area contributed by atoms with Crippen LogP contribution in [-0.4, -0.2) is 40.4 Å². The van der Waals surface area contributed by atoms with Gasteiger partial charge in [0.25, 0.3) is 0 Å². The molecular formula is C30H19Cl3N2O4. The number of carbonyl (C=O) groups is 4. The van der Waals surface area contributed by atoms with Gasteiger partial charge in [-0.15, -0.1) is 0 Å². The normalized spacial score (nSPS) is 23.5. The van der Waals surface area contributed by atoms with E-state index in [0.717, 1.165) is 4.90 Å². The molecule has 2 amide bonds. The van der Waals surface area contributed by atoms with Crippen LogP contribution in [0.3, 0.4) is 0 Å². The van der Waals surface area contributed by atoms with E-state index in [4.69, 9.17) is 34.8 Å². The second kappa shape index (κ2) is 9.79. The Morgan fingerprint density at radius 1 is 0.744 bits per heavy atom. The van der Waals surface area contributed by atoms with Crippen molar-refractivity contribution in [3.8, 4) is 0 Å². The maximum atomic E-state index is 13.9. The number of hydrogen-bond donors (Lipinski definition) is 0. The average molecular weight is 578 g/mol. The number of halogens is 3. The summed E-state index contributed by atoms with van der Waals surface area (Å²) >= 11 is 18.5. The lowest BCUT2D eigenvalue weighted by Crippen LogP contribution is -2.46. The van der Waals surface area contributed by atoms with Gasteiger partial charge in [-0.25, -0.2) is 4.90 Å². The summed E-state index contributed by atoms with van der Waals surface area (Å²) in [7, 11) is 0. The third kappa shape index (κ3) is 4.20. The number of benzene rings is 3. The summed E-state index contributed by atoms with van der Waals surface area (Å²) in [5.74, 6) is -3.48. The summed E-state index contributed by atoms with van der Waals surface area (Å²) in [6.07, 6.45) is 4.94. The maximum absolute atomic E-state index is 13.9. The number of Topliss-reactive ketones (excluding diaryl/α,β-unsaturated/α-hetero) is 2. The van der Waals surface area contributed by atoms with Gasteiger partial charge in [-0.2, -0.15) is 0 Å². The lowest BCUT2D eigenvalue weighted by atomic mass is 9.85. The second-order valence-corrected chi connectivity index (χ2v) is 10.8. The summed E-state index contributed by atoms with van der Waals surface area (Å²) in [5, 5.41) is 0.962. The Balaban J connectivity index is 1.44. The molecule has 0 aromatic heterocycles. The zero-order chi connectivity index (χ0) is 27.4. The Morgan fingerprint density at radius 2 is 1.41 bits per heavy atom. The van der Waals surface area contributed by atoms with Gasteiger partial charge in [0.2, 0.25) is 11.8 Å². The van der Waals surface area contributed by atoms with Crippen molar-refractivity contribution < 1.29 is 19.2 Å². The molecule has 3 heterocycles. The van der Waals surface area contributed by atoms with Crippen LogP contribution in [0.25, 0.3) is 0 Å². The topological polar surface area (TPSA) is 74.8 Å². The highest BCUT2D eigenvalue weighted by atomic mass is 35.5. The Bertz CT molecular complexity index is 1600. The number of carbonyl (C=O) groups excluding carboxylic acids is 4. The summed E-state index contributed by atoms with van der Waals surface area (Å²) in [6, 6.07) is 18.0. The van der Waals surface area contributed by atoms with Crippen molar-refractivity contribution in [1.29, 1.82) is 0 Å². The van der Waals surface area contributed by atoms with Crippen molar-refractivity contribution in [2.45, 2.75) is 12.1 Å². The van der Waals surface area contributed by atoms with Crippen LogP contribution < -0.4 is 4.90 Å². The number of ketones is 2. The molecule has 39 heavy (non-hydrogen) atoms. The monoisotopic (exact) mass is 576 g/mol. The molecule has 9 heteroatoms. The number of allylic oxidation sites excluding steroid dienone is 2. The second-order valence-electron chi connectivity index (χ2n) is 9.55. The standard InChI is InChI=1S/C30H19Cl3N2O4/c31-19-8-6-17(7-9-19)28(37)26-25-24(29(38)35(30(25)39)22-11-10-20(32)15-21(22)33)23-14-18(12-13-34(23)26)27(36)16-4-2-1-3-5-16/h1-15,23-26H/t23-,24+,25+,26-/m1/s1. The van der Waals surface area contributed by atoms with Crippen molar-refractivity contribution in [2.24, 2.45) is 11.8 Å². The predicted octanol–water partition coefficient (Wildman–Crippen LogP) is 6.02. The Labute approximate surface area is 239 Å². The molecule has 0 N–H and O–H groups in total. The first-order valence-corrected chi connectivity index (χ1v) is 13.3. The molecule has 4 atom stereocenters. The zero-order valence-electron chi connectivity index (χ0n) is 20.1. The Morgan fingerprint density at radius 3 is 2.10 bits per heavy atom. The average Bonchev–Trinajstić information content (AvgIpc) is 3.40. The fourth-order valence-electron chi connectivity index (χ4n) is 5.64. The van der Waals surface area contributed by atoms with Crippen molar-refractivity contribution in [1.82, 2.24) is 4.90 Å². The molecule has 6 nitrogen and oxygen atoms in total. The van der Waals surface area contributed by atoms with Crippen LogP contribution in [0, 0.1) is 11.8 Å². The zero-order valence-corrected chi connectivity index (χ0v) is 22.4. The van der Waals surface area contributed by atoms with E-state index in [-0.39, 0.29) is 22.3 Å². The summed E-state index contributed by atoms with van der Waals surface area (Å²) in [6.45, 7) is 0. The van der Waals surface area contributed by atoms with Crippen LogP contribution in [0.2, 0.25) is 15.1 Å². The van der Waals surface area contributed by atoms with Crippen molar-refractivity contribution in [2.75, 3.05) is 4.90 Å². The highest BCUT2D eigenvalue weighted by Gasteiger charge is 2.63. The van der Waals surface area contributed by atoms with Gasteiger partial charge in [0.05, 0.1) is 28.6 Å². The van der Waals surface area contributed by atoms with Crippen molar-refractivity contribution >= 4 is 63.9 Å². The molecule has 3 aromatic carbocycles. The molecule has 0 spiro atoms. The Hall–Kier alpha value is -3.71. The van der Waals surface area contributed by atoms with Crippen molar-refractivity contribution in [3.63, 3.8) is 0 Å². The van der Waals surface area contributed by atoms with Crippen molar-refractivity contribution in [3.05, 3.63) is 123 Å². The minimum Gasteiger partial charge on any atom is -0.359 e. The largest absolute Gasteiger partial charge is 0.359 e. The summed E-state index contributed by atoms with van der Waals surface area (Å²) < 4.78 is 0. The molecule has 0 saturated carbocycles. The van der Waals surface area contributed by atoms with E-state index in [1.54, 1.807) is 77.8 Å². The fraction of sp³-hybridized carbons (Fsp3) is 0.133. The maximum Gasteiger partial charge on any atom is 0.240 e. The number of amides is 2. The first kappa shape index (κ1) is 25.6. The predicted molar refractivity (Wildman–Crippen MR) is 149 cm³/mol. The third-order valence-electron chi connectivity index (χ3n) is 7.39. The van der Waals surface area contributed by atoms with Gasteiger partial charge in [0.1, 0.15) is 6.04 Å². The molecule has 0 aliphatic carbocycles. The minimum absolute atomic E-state index is 0.139. The van der Waals surface area contributed by atoms with Crippen LogP contribution in [0.4, 0.5) is 5.69 Å². The molecule has 3 aliphatic heterocycles. The number of hydrogen-bond acceptors (Lipinski definition) is 5. The van der Waals surface area contributed by atoms with E-state index >= 15 is 0 Å². The summed E-state index contributed by atoms with van der Waals surface area (Å²) in [5.41, 5.74) is 1.43. The van der Waals surface area contributed by atoms with Gasteiger partial charge in [0.15, 0.2) is 11.6 Å². The molecule has 0 radical (unpaired) electrons. The van der Waals surface area contributed by atoms with Gasteiger partial charge >= 0.3 is 0 Å². The van der Waals surface area contributed by atoms with Gasteiger partial charge in [0, 0.05) is 32.9 Å². The van der Waals surface area contributed by atoms with E-state index in [1.165, 1.54) is 12.1 Å². The van der Waals surface area contributed by atoms with E-state index in [1.807, 2.05) is 6.07 Å². The number of anilines is 1. The van der Waals surface area contributed by atoms with Gasteiger partial charge in [-0.05, 0) is 48.5 Å². The highest BCUT2D eigenvalue weighted by Crippen LogP contribution is 2.48. The third-order valence-corrected chi connectivity index (χ3v) is 8.18. The molecule has 2 fully saturated rings. The van der Waals surface area contributed by atoms with E-state index in [2.05, 4.69) is 0 Å². The lowest BCUT2D eigenvalue weighted by Gasteiger charge is -2.33. The highest BCUT2D eigenvalue weighted by molar-refractivity contribution is 6.38. The molecule has 2 saturated heterocycles. The number of imide groups is 1. The lowest BCUT2D eigenvalue weighted by molar-refractivity contribution is -0.123. The number of fused-ring (bicyclic) bond motifs is 3. The Kier molecular flexibility index (Phi) is 6.42. The number of rotatable bonds is 5. The van der Waals surface area contributed by atoms with Crippen LogP contribution in [0.1, 0.15) is 20.7 Å². The molecular weight excluding hydrogens is 559 g/mol. The van der Waals surface area contributed by atoms with Crippen LogP contribution in [0.15, 0.2) is 96.7 Å². The molecule has 3 aromatic rings. The van der Waals surface area contributed by atoms with Crippen LogP contribution in [0.5, 0.6) is 0 Å². The smallest absolute Gasteiger partial charge is 0.240 e. The van der Waals surface area contributed by atoms with Crippen LogP contribution in [-0.2, 0) is 9.59 Å².